The van der Waals surface area contributed by atoms with Gasteiger partial charge < -0.3 is 4.74 Å². The number of unbranched alkanes of at least 4 members (excludes halogenated alkanes) is 5. The molecule has 0 N–H and O–H groups in total. The Morgan fingerprint density at radius 1 is 1.00 bits per heavy atom. The van der Waals surface area contributed by atoms with E-state index in [9.17, 15) is 4.79 Å². The molecule has 0 unspecified atom stereocenters. The van der Waals surface area contributed by atoms with Crippen LogP contribution in [0.3, 0.4) is 0 Å². The average Bonchev–Trinajstić information content (AvgIpc) is 2.41. The van der Waals surface area contributed by atoms with Gasteiger partial charge in [0, 0.05) is 6.42 Å². The van der Waals surface area contributed by atoms with E-state index >= 15 is 0 Å². The molecule has 106 valence electrons. The van der Waals surface area contributed by atoms with Crippen molar-refractivity contribution in [3.63, 3.8) is 0 Å². The summed E-state index contributed by atoms with van der Waals surface area (Å²) in [5.41, 5.74) is 0. The van der Waals surface area contributed by atoms with Gasteiger partial charge in [-0.3, -0.25) is 4.79 Å². The number of carbonyl (C=O) groups is 1. The molecule has 1 saturated carbocycles. The minimum absolute atomic E-state index is 0.0241. The molecule has 0 atom stereocenters. The second kappa shape index (κ2) is 10.4. The quantitative estimate of drug-likeness (QED) is 0.434. The molecule has 0 bridgehead atoms. The molecular formula is C16H30O2. The smallest absolute Gasteiger partial charge is 0.305 e. The first-order chi connectivity index (χ1) is 8.83. The van der Waals surface area contributed by atoms with Crippen molar-refractivity contribution in [2.75, 3.05) is 6.61 Å². The largest absolute Gasteiger partial charge is 0.465 e. The molecule has 0 aromatic carbocycles. The zero-order valence-electron chi connectivity index (χ0n) is 12.1. The third-order valence-corrected chi connectivity index (χ3v) is 3.94. The molecule has 1 rings (SSSR count). The van der Waals surface area contributed by atoms with Crippen molar-refractivity contribution in [3.05, 3.63) is 0 Å². The molecule has 0 amide bonds. The van der Waals surface area contributed by atoms with Crippen molar-refractivity contribution in [2.24, 2.45) is 5.92 Å². The van der Waals surface area contributed by atoms with Gasteiger partial charge in [-0.15, -0.1) is 0 Å². The van der Waals surface area contributed by atoms with Crippen LogP contribution in [0.25, 0.3) is 0 Å². The predicted molar refractivity (Wildman–Crippen MR) is 75.5 cm³/mol. The van der Waals surface area contributed by atoms with Gasteiger partial charge in [0.15, 0.2) is 0 Å². The zero-order chi connectivity index (χ0) is 13.1. The number of hydrogen-bond acceptors (Lipinski definition) is 2. The van der Waals surface area contributed by atoms with Crippen LogP contribution in [0, 0.1) is 5.92 Å². The lowest BCUT2D eigenvalue weighted by Gasteiger charge is -2.20. The van der Waals surface area contributed by atoms with Gasteiger partial charge in [-0.05, 0) is 25.2 Å². The Morgan fingerprint density at radius 2 is 1.67 bits per heavy atom. The van der Waals surface area contributed by atoms with Gasteiger partial charge >= 0.3 is 5.97 Å². The van der Waals surface area contributed by atoms with Crippen LogP contribution in [0.5, 0.6) is 0 Å². The summed E-state index contributed by atoms with van der Waals surface area (Å²) in [6, 6.07) is 0. The second-order valence-corrected chi connectivity index (χ2v) is 5.70. The van der Waals surface area contributed by atoms with E-state index in [0.29, 0.717) is 18.9 Å². The van der Waals surface area contributed by atoms with Crippen LogP contribution in [0.1, 0.15) is 84.0 Å². The molecule has 0 aliphatic heterocycles. The molecule has 1 aliphatic rings. The second-order valence-electron chi connectivity index (χ2n) is 5.70. The summed E-state index contributed by atoms with van der Waals surface area (Å²) in [5.74, 6) is 0.670. The highest BCUT2D eigenvalue weighted by molar-refractivity contribution is 5.69. The summed E-state index contributed by atoms with van der Waals surface area (Å²) >= 11 is 0. The Hall–Kier alpha value is -0.530. The van der Waals surface area contributed by atoms with Crippen LogP contribution in [-0.4, -0.2) is 12.6 Å². The first-order valence-electron chi connectivity index (χ1n) is 7.98. The fourth-order valence-electron chi connectivity index (χ4n) is 2.69. The number of carbonyl (C=O) groups excluding carboxylic acids is 1. The highest BCUT2D eigenvalue weighted by Crippen LogP contribution is 2.23. The summed E-state index contributed by atoms with van der Waals surface area (Å²) in [6.45, 7) is 2.90. The van der Waals surface area contributed by atoms with Crippen molar-refractivity contribution in [2.45, 2.75) is 84.0 Å². The molecule has 0 spiro atoms. The number of esters is 1. The van der Waals surface area contributed by atoms with Gasteiger partial charge in [-0.25, -0.2) is 0 Å². The average molecular weight is 254 g/mol. The fraction of sp³-hybridized carbons (Fsp3) is 0.938. The molecule has 1 fully saturated rings. The molecular weight excluding hydrogens is 224 g/mol. The monoisotopic (exact) mass is 254 g/mol. The summed E-state index contributed by atoms with van der Waals surface area (Å²) in [7, 11) is 0. The number of hydrogen-bond donors (Lipinski definition) is 0. The summed E-state index contributed by atoms with van der Waals surface area (Å²) in [4.78, 5) is 11.6. The Bertz CT molecular complexity index is 207. The third-order valence-electron chi connectivity index (χ3n) is 3.94. The maximum atomic E-state index is 11.6. The lowest BCUT2D eigenvalue weighted by molar-refractivity contribution is -0.145. The molecule has 18 heavy (non-hydrogen) atoms. The van der Waals surface area contributed by atoms with E-state index in [-0.39, 0.29) is 5.97 Å². The number of ether oxygens (including phenoxy) is 1. The van der Waals surface area contributed by atoms with Crippen LogP contribution in [0.4, 0.5) is 0 Å². The fourth-order valence-corrected chi connectivity index (χ4v) is 2.69. The minimum atomic E-state index is 0.0241. The Labute approximate surface area is 112 Å². The van der Waals surface area contributed by atoms with Crippen molar-refractivity contribution in [1.82, 2.24) is 0 Å². The molecule has 0 aromatic rings. The van der Waals surface area contributed by atoms with Gasteiger partial charge in [0.2, 0.25) is 0 Å². The molecule has 2 nitrogen and oxygen atoms in total. The van der Waals surface area contributed by atoms with E-state index in [0.717, 1.165) is 6.42 Å². The maximum absolute atomic E-state index is 11.6. The van der Waals surface area contributed by atoms with Gasteiger partial charge in [-0.2, -0.15) is 0 Å². The Balaban J connectivity index is 1.90. The lowest BCUT2D eigenvalue weighted by atomic mass is 9.90. The molecule has 0 saturated heterocycles. The summed E-state index contributed by atoms with van der Waals surface area (Å²) in [5, 5.41) is 0. The van der Waals surface area contributed by atoms with Gasteiger partial charge in [0.25, 0.3) is 0 Å². The molecule has 0 aromatic heterocycles. The molecule has 0 heterocycles. The third kappa shape index (κ3) is 7.73. The van der Waals surface area contributed by atoms with E-state index in [1.54, 1.807) is 0 Å². The summed E-state index contributed by atoms with van der Waals surface area (Å²) < 4.78 is 5.37. The lowest BCUT2D eigenvalue weighted by Crippen LogP contribution is -2.16. The van der Waals surface area contributed by atoms with E-state index in [1.807, 2.05) is 0 Å². The first kappa shape index (κ1) is 15.5. The van der Waals surface area contributed by atoms with Crippen LogP contribution >= 0.6 is 0 Å². The van der Waals surface area contributed by atoms with Gasteiger partial charge in [0.1, 0.15) is 0 Å². The normalized spacial score (nSPS) is 16.7. The van der Waals surface area contributed by atoms with E-state index in [2.05, 4.69) is 6.92 Å². The first-order valence-corrected chi connectivity index (χ1v) is 7.98. The van der Waals surface area contributed by atoms with Crippen LogP contribution in [0.15, 0.2) is 0 Å². The van der Waals surface area contributed by atoms with Gasteiger partial charge in [0.05, 0.1) is 6.61 Å². The standard InChI is InChI=1S/C16H30O2/c1-2-3-4-5-6-10-13-16(17)18-14-15-11-8-7-9-12-15/h15H,2-14H2,1H3. The topological polar surface area (TPSA) is 26.3 Å². The van der Waals surface area contributed by atoms with E-state index < -0.39 is 0 Å². The van der Waals surface area contributed by atoms with Crippen LogP contribution in [-0.2, 0) is 9.53 Å². The van der Waals surface area contributed by atoms with E-state index in [1.165, 1.54) is 64.2 Å². The SMILES string of the molecule is CCCCCCCCC(=O)OCC1CCCCC1. The molecule has 0 radical (unpaired) electrons. The van der Waals surface area contributed by atoms with Crippen LogP contribution in [0.2, 0.25) is 0 Å². The molecule has 1 aliphatic carbocycles. The highest BCUT2D eigenvalue weighted by Gasteiger charge is 2.15. The van der Waals surface area contributed by atoms with Crippen molar-refractivity contribution < 1.29 is 9.53 Å². The summed E-state index contributed by atoms with van der Waals surface area (Å²) in [6.07, 6.45) is 14.5. The van der Waals surface area contributed by atoms with Crippen molar-refractivity contribution >= 4 is 5.97 Å². The number of rotatable bonds is 9. The Kier molecular flexibility index (Phi) is 8.97. The zero-order valence-corrected chi connectivity index (χ0v) is 12.1. The maximum Gasteiger partial charge on any atom is 0.305 e. The van der Waals surface area contributed by atoms with Crippen LogP contribution < -0.4 is 0 Å². The van der Waals surface area contributed by atoms with Crippen molar-refractivity contribution in [1.29, 1.82) is 0 Å². The highest BCUT2D eigenvalue weighted by atomic mass is 16.5. The molecule has 2 heteroatoms. The minimum Gasteiger partial charge on any atom is -0.465 e. The van der Waals surface area contributed by atoms with E-state index in [4.69, 9.17) is 4.74 Å². The van der Waals surface area contributed by atoms with Gasteiger partial charge in [-0.1, -0.05) is 58.3 Å². The van der Waals surface area contributed by atoms with Crippen molar-refractivity contribution in [3.8, 4) is 0 Å². The predicted octanol–water partition coefficient (Wildman–Crippen LogP) is 4.86. The Morgan fingerprint density at radius 3 is 2.39 bits per heavy atom.